The van der Waals surface area contributed by atoms with Gasteiger partial charge in [-0.3, -0.25) is 4.79 Å². The largest absolute Gasteiger partial charge is 0.495 e. The van der Waals surface area contributed by atoms with Crippen molar-refractivity contribution in [3.05, 3.63) is 56.1 Å². The average Bonchev–Trinajstić information content (AvgIpc) is 2.48. The summed E-state index contributed by atoms with van der Waals surface area (Å²) < 4.78 is 6.10. The molecule has 0 spiro atoms. The van der Waals surface area contributed by atoms with E-state index in [9.17, 15) is 4.79 Å². The Labute approximate surface area is 152 Å². The number of amides is 1. The second-order valence-electron chi connectivity index (χ2n) is 4.60. The number of aromatic nitrogens is 1. The molecule has 4 nitrogen and oxygen atoms in total. The van der Waals surface area contributed by atoms with Gasteiger partial charge >= 0.3 is 0 Å². The molecule has 1 aromatic heterocycles. The van der Waals surface area contributed by atoms with Crippen LogP contribution in [0, 0.1) is 6.92 Å². The highest BCUT2D eigenvalue weighted by Gasteiger charge is 2.08. The van der Waals surface area contributed by atoms with Gasteiger partial charge in [0.15, 0.2) is 0 Å². The third-order valence-corrected chi connectivity index (χ3v) is 4.27. The van der Waals surface area contributed by atoms with Crippen LogP contribution < -0.4 is 10.1 Å². The SMILES string of the molecule is COc1c(Cl)cc(Cl)cc1/C=C/C(=O)Nc1ccc(Br)c(C)n1. The van der Waals surface area contributed by atoms with Crippen molar-refractivity contribution in [1.82, 2.24) is 4.98 Å². The normalized spacial score (nSPS) is 10.8. The smallest absolute Gasteiger partial charge is 0.249 e. The summed E-state index contributed by atoms with van der Waals surface area (Å²) in [5.74, 6) is 0.603. The number of carbonyl (C=O) groups excluding carboxylic acids is 1. The molecule has 1 amide bonds. The zero-order valence-corrected chi connectivity index (χ0v) is 15.5. The van der Waals surface area contributed by atoms with Gasteiger partial charge in [-0.05, 0) is 53.2 Å². The molecule has 1 aromatic carbocycles. The zero-order valence-electron chi connectivity index (χ0n) is 12.4. The fraction of sp³-hybridized carbons (Fsp3) is 0.125. The third kappa shape index (κ3) is 4.70. The molecule has 2 aromatic rings. The van der Waals surface area contributed by atoms with Crippen LogP contribution in [0.15, 0.2) is 34.8 Å². The van der Waals surface area contributed by atoms with E-state index in [-0.39, 0.29) is 5.91 Å². The fourth-order valence-electron chi connectivity index (χ4n) is 1.87. The van der Waals surface area contributed by atoms with Crippen molar-refractivity contribution in [2.24, 2.45) is 0 Å². The molecule has 0 saturated heterocycles. The van der Waals surface area contributed by atoms with Gasteiger partial charge in [0, 0.05) is 21.1 Å². The molecule has 0 aliphatic rings. The Balaban J connectivity index is 2.16. The highest BCUT2D eigenvalue weighted by Crippen LogP contribution is 2.32. The van der Waals surface area contributed by atoms with Crippen LogP contribution in [0.4, 0.5) is 5.82 Å². The number of hydrogen-bond acceptors (Lipinski definition) is 3. The monoisotopic (exact) mass is 414 g/mol. The van der Waals surface area contributed by atoms with Gasteiger partial charge in [0.2, 0.25) is 5.91 Å². The van der Waals surface area contributed by atoms with Crippen LogP contribution in [0.5, 0.6) is 5.75 Å². The topological polar surface area (TPSA) is 51.2 Å². The number of nitrogens with zero attached hydrogens (tertiary/aromatic N) is 1. The first-order valence-corrected chi connectivity index (χ1v) is 8.11. The molecule has 0 radical (unpaired) electrons. The Morgan fingerprint density at radius 2 is 2.09 bits per heavy atom. The van der Waals surface area contributed by atoms with Gasteiger partial charge in [-0.25, -0.2) is 4.98 Å². The van der Waals surface area contributed by atoms with Crippen LogP contribution in [0.25, 0.3) is 6.08 Å². The van der Waals surface area contributed by atoms with E-state index in [1.807, 2.05) is 13.0 Å². The molecule has 0 aliphatic carbocycles. The molecule has 7 heteroatoms. The lowest BCUT2D eigenvalue weighted by Gasteiger charge is -2.08. The Hall–Kier alpha value is -1.56. The Bertz CT molecular complexity index is 779. The molecule has 0 atom stereocenters. The maximum atomic E-state index is 12.0. The maximum absolute atomic E-state index is 12.0. The van der Waals surface area contributed by atoms with Crippen LogP contribution in [0.1, 0.15) is 11.3 Å². The van der Waals surface area contributed by atoms with Crippen molar-refractivity contribution < 1.29 is 9.53 Å². The van der Waals surface area contributed by atoms with Crippen molar-refractivity contribution >= 4 is 56.9 Å². The standard InChI is InChI=1S/C16H13BrCl2N2O2/c1-9-12(17)4-5-14(20-9)21-15(22)6-3-10-7-11(18)8-13(19)16(10)23-2/h3-8H,1-2H3,(H,20,21,22)/b6-3+. The van der Waals surface area contributed by atoms with E-state index in [4.69, 9.17) is 27.9 Å². The molecule has 0 fully saturated rings. The van der Waals surface area contributed by atoms with Gasteiger partial charge in [-0.15, -0.1) is 0 Å². The minimum absolute atomic E-state index is 0.322. The zero-order chi connectivity index (χ0) is 17.0. The number of nitrogens with one attached hydrogen (secondary N) is 1. The third-order valence-electron chi connectivity index (χ3n) is 2.93. The summed E-state index contributed by atoms with van der Waals surface area (Å²) >= 11 is 15.4. The van der Waals surface area contributed by atoms with E-state index >= 15 is 0 Å². The molecular weight excluding hydrogens is 403 g/mol. The Kier molecular flexibility index (Phi) is 6.04. The molecule has 1 heterocycles. The number of ether oxygens (including phenoxy) is 1. The van der Waals surface area contributed by atoms with E-state index in [0.29, 0.717) is 27.2 Å². The van der Waals surface area contributed by atoms with Crippen LogP contribution in [-0.2, 0) is 4.79 Å². The first-order chi connectivity index (χ1) is 10.9. The van der Waals surface area contributed by atoms with Gasteiger partial charge in [-0.1, -0.05) is 23.2 Å². The van der Waals surface area contributed by atoms with Crippen LogP contribution >= 0.6 is 39.1 Å². The lowest BCUT2D eigenvalue weighted by molar-refractivity contribution is -0.111. The first-order valence-electron chi connectivity index (χ1n) is 6.56. The Morgan fingerprint density at radius 3 is 2.74 bits per heavy atom. The maximum Gasteiger partial charge on any atom is 0.249 e. The van der Waals surface area contributed by atoms with Crippen LogP contribution in [-0.4, -0.2) is 18.0 Å². The molecule has 0 unspecified atom stereocenters. The molecule has 0 saturated carbocycles. The number of rotatable bonds is 4. The second-order valence-corrected chi connectivity index (χ2v) is 6.29. The van der Waals surface area contributed by atoms with Crippen molar-refractivity contribution in [1.29, 1.82) is 0 Å². The van der Waals surface area contributed by atoms with Gasteiger partial charge in [0.05, 0.1) is 17.8 Å². The van der Waals surface area contributed by atoms with Gasteiger partial charge < -0.3 is 10.1 Å². The van der Waals surface area contributed by atoms with E-state index in [1.54, 1.807) is 24.3 Å². The summed E-state index contributed by atoms with van der Waals surface area (Å²) in [5, 5.41) is 3.52. The van der Waals surface area contributed by atoms with Crippen molar-refractivity contribution in [3.63, 3.8) is 0 Å². The molecular formula is C16H13BrCl2N2O2. The summed E-state index contributed by atoms with van der Waals surface area (Å²) in [4.78, 5) is 16.2. The highest BCUT2D eigenvalue weighted by molar-refractivity contribution is 9.10. The summed E-state index contributed by atoms with van der Waals surface area (Å²) in [7, 11) is 1.50. The minimum atomic E-state index is -0.322. The molecule has 0 bridgehead atoms. The molecule has 23 heavy (non-hydrogen) atoms. The van der Waals surface area contributed by atoms with E-state index in [2.05, 4.69) is 26.2 Å². The number of hydrogen-bond donors (Lipinski definition) is 1. The highest BCUT2D eigenvalue weighted by atomic mass is 79.9. The number of anilines is 1. The second kappa shape index (κ2) is 7.81. The molecule has 0 aliphatic heterocycles. The van der Waals surface area contributed by atoms with Crippen molar-refractivity contribution in [2.45, 2.75) is 6.92 Å². The average molecular weight is 416 g/mol. The Morgan fingerprint density at radius 1 is 1.35 bits per heavy atom. The minimum Gasteiger partial charge on any atom is -0.495 e. The summed E-state index contributed by atoms with van der Waals surface area (Å²) in [6, 6.07) is 6.77. The predicted octanol–water partition coefficient (Wildman–Crippen LogP) is 5.12. The first kappa shape index (κ1) is 17.8. The van der Waals surface area contributed by atoms with Gasteiger partial charge in [-0.2, -0.15) is 0 Å². The summed E-state index contributed by atoms with van der Waals surface area (Å²) in [6.07, 6.45) is 2.95. The van der Waals surface area contributed by atoms with Gasteiger partial charge in [0.25, 0.3) is 0 Å². The number of pyridine rings is 1. The molecule has 1 N–H and O–H groups in total. The van der Waals surface area contributed by atoms with E-state index in [0.717, 1.165) is 10.2 Å². The number of halogens is 3. The molecule has 120 valence electrons. The van der Waals surface area contributed by atoms with Crippen molar-refractivity contribution in [3.8, 4) is 5.75 Å². The van der Waals surface area contributed by atoms with E-state index in [1.165, 1.54) is 13.2 Å². The van der Waals surface area contributed by atoms with Crippen LogP contribution in [0.2, 0.25) is 10.0 Å². The van der Waals surface area contributed by atoms with Gasteiger partial charge in [0.1, 0.15) is 11.6 Å². The number of benzene rings is 1. The summed E-state index contributed by atoms with van der Waals surface area (Å²) in [6.45, 7) is 1.84. The number of methoxy groups -OCH3 is 1. The summed E-state index contributed by atoms with van der Waals surface area (Å²) in [5.41, 5.74) is 1.40. The molecule has 2 rings (SSSR count). The van der Waals surface area contributed by atoms with Crippen molar-refractivity contribution in [2.75, 3.05) is 12.4 Å². The fourth-order valence-corrected chi connectivity index (χ4v) is 2.67. The number of aryl methyl sites for hydroxylation is 1. The lowest BCUT2D eigenvalue weighted by Crippen LogP contribution is -2.09. The quantitative estimate of drug-likeness (QED) is 0.705. The lowest BCUT2D eigenvalue weighted by atomic mass is 10.2. The van der Waals surface area contributed by atoms with Crippen LogP contribution in [0.3, 0.4) is 0 Å². The number of carbonyl (C=O) groups is 1. The van der Waals surface area contributed by atoms with E-state index < -0.39 is 0 Å². The predicted molar refractivity (Wildman–Crippen MR) is 97.4 cm³/mol.